The summed E-state index contributed by atoms with van der Waals surface area (Å²) in [5.41, 5.74) is 0.929. The number of nitrogens with one attached hydrogen (secondary N) is 1. The minimum absolute atomic E-state index is 0.150. The van der Waals surface area contributed by atoms with Crippen LogP contribution in [0.2, 0.25) is 0 Å². The van der Waals surface area contributed by atoms with Crippen LogP contribution in [0.4, 0.5) is 4.39 Å². The third-order valence-electron chi connectivity index (χ3n) is 4.92. The van der Waals surface area contributed by atoms with E-state index in [1.807, 2.05) is 24.3 Å². The average molecular weight is 392 g/mol. The number of rotatable bonds is 7. The first-order chi connectivity index (χ1) is 13.0. The Hall–Kier alpha value is -1.96. The molecule has 0 radical (unpaired) electrons. The molecule has 1 aliphatic heterocycles. The third kappa shape index (κ3) is 4.66. The lowest BCUT2D eigenvalue weighted by molar-refractivity contribution is 0.162. The maximum Gasteiger partial charge on any atom is 0.243 e. The van der Waals surface area contributed by atoms with E-state index in [9.17, 15) is 12.8 Å². The summed E-state index contributed by atoms with van der Waals surface area (Å²) in [5, 5.41) is 0. The monoisotopic (exact) mass is 392 g/mol. The largest absolute Gasteiger partial charge is 0.496 e. The average Bonchev–Trinajstić information content (AvgIpc) is 2.69. The van der Waals surface area contributed by atoms with E-state index in [0.29, 0.717) is 0 Å². The number of sulfonamides is 1. The van der Waals surface area contributed by atoms with Gasteiger partial charge in [-0.15, -0.1) is 0 Å². The van der Waals surface area contributed by atoms with Crippen molar-refractivity contribution in [2.24, 2.45) is 0 Å². The minimum atomic E-state index is -3.94. The van der Waals surface area contributed by atoms with Gasteiger partial charge in [0.25, 0.3) is 0 Å². The molecular weight excluding hydrogens is 367 g/mol. The van der Waals surface area contributed by atoms with Gasteiger partial charge in [-0.2, -0.15) is 0 Å². The molecule has 1 saturated heterocycles. The lowest BCUT2D eigenvalue weighted by Crippen LogP contribution is -2.40. The fraction of sp³-hybridized carbons (Fsp3) is 0.400. The predicted octanol–water partition coefficient (Wildman–Crippen LogP) is 3.34. The standard InChI is InChI=1S/C20H25FN2O3S/c1-26-19-11-5-3-9-16(19)18(23-13-7-2-8-14-23)15-22-27(24,25)20-12-6-4-10-17(20)21/h3-6,9-12,18,22H,2,7-8,13-15H2,1H3. The molecule has 0 saturated carbocycles. The molecular formula is C20H25FN2O3S. The van der Waals surface area contributed by atoms with Gasteiger partial charge < -0.3 is 4.74 Å². The van der Waals surface area contributed by atoms with Crippen LogP contribution in [0.15, 0.2) is 53.4 Å². The molecule has 2 aromatic carbocycles. The van der Waals surface area contributed by atoms with Gasteiger partial charge in [0.2, 0.25) is 10.0 Å². The van der Waals surface area contributed by atoms with Crippen LogP contribution in [0.25, 0.3) is 0 Å². The van der Waals surface area contributed by atoms with Crippen molar-refractivity contribution in [1.82, 2.24) is 9.62 Å². The van der Waals surface area contributed by atoms with Crippen molar-refractivity contribution in [3.63, 3.8) is 0 Å². The second kappa shape index (κ2) is 8.82. The second-order valence-corrected chi connectivity index (χ2v) is 8.37. The van der Waals surface area contributed by atoms with Gasteiger partial charge in [0.05, 0.1) is 13.2 Å². The van der Waals surface area contributed by atoms with Crippen LogP contribution in [0.5, 0.6) is 5.75 Å². The van der Waals surface area contributed by atoms with Crippen molar-refractivity contribution in [1.29, 1.82) is 0 Å². The molecule has 0 amide bonds. The van der Waals surface area contributed by atoms with Crippen LogP contribution < -0.4 is 9.46 Å². The third-order valence-corrected chi connectivity index (χ3v) is 6.38. The molecule has 27 heavy (non-hydrogen) atoms. The topological polar surface area (TPSA) is 58.6 Å². The molecule has 5 nitrogen and oxygen atoms in total. The molecule has 7 heteroatoms. The number of likely N-dealkylation sites (tertiary alicyclic amines) is 1. The van der Waals surface area contributed by atoms with Crippen molar-refractivity contribution in [3.05, 3.63) is 59.9 Å². The predicted molar refractivity (Wildman–Crippen MR) is 103 cm³/mol. The molecule has 1 unspecified atom stereocenters. The quantitative estimate of drug-likeness (QED) is 0.785. The highest BCUT2D eigenvalue weighted by atomic mass is 32.2. The molecule has 0 spiro atoms. The van der Waals surface area contributed by atoms with Gasteiger partial charge in [-0.25, -0.2) is 17.5 Å². The summed E-state index contributed by atoms with van der Waals surface area (Å²) in [4.78, 5) is 1.94. The number of piperidine rings is 1. The van der Waals surface area contributed by atoms with Crippen LogP contribution >= 0.6 is 0 Å². The first-order valence-corrected chi connectivity index (χ1v) is 10.6. The number of benzene rings is 2. The zero-order valence-electron chi connectivity index (χ0n) is 15.4. The van der Waals surface area contributed by atoms with Crippen molar-refractivity contribution < 1.29 is 17.5 Å². The Labute approximate surface area is 160 Å². The maximum absolute atomic E-state index is 14.0. The fourth-order valence-electron chi connectivity index (χ4n) is 3.54. The van der Waals surface area contributed by atoms with Crippen molar-refractivity contribution >= 4 is 10.0 Å². The smallest absolute Gasteiger partial charge is 0.243 e. The Morgan fingerprint density at radius 1 is 1.07 bits per heavy atom. The van der Waals surface area contributed by atoms with Gasteiger partial charge in [0.1, 0.15) is 16.5 Å². The molecule has 0 aromatic heterocycles. The Bertz CT molecular complexity index is 867. The fourth-order valence-corrected chi connectivity index (χ4v) is 4.65. The van der Waals surface area contributed by atoms with Crippen LogP contribution in [-0.2, 0) is 10.0 Å². The highest BCUT2D eigenvalue weighted by molar-refractivity contribution is 7.89. The summed E-state index contributed by atoms with van der Waals surface area (Å²) >= 11 is 0. The Balaban J connectivity index is 1.86. The zero-order chi connectivity index (χ0) is 19.3. The van der Waals surface area contributed by atoms with Crippen molar-refractivity contribution in [3.8, 4) is 5.75 Å². The van der Waals surface area contributed by atoms with Crippen LogP contribution in [-0.4, -0.2) is 40.1 Å². The number of para-hydroxylation sites is 1. The molecule has 1 N–H and O–H groups in total. The van der Waals surface area contributed by atoms with Gasteiger partial charge >= 0.3 is 0 Å². The van der Waals surface area contributed by atoms with Crippen LogP contribution in [0.1, 0.15) is 30.9 Å². The number of methoxy groups -OCH3 is 1. The van der Waals surface area contributed by atoms with Crippen molar-refractivity contribution in [2.45, 2.75) is 30.2 Å². The summed E-state index contributed by atoms with van der Waals surface area (Å²) in [6.45, 7) is 1.94. The molecule has 1 heterocycles. The normalized spacial score (nSPS) is 16.8. The molecule has 3 rings (SSSR count). The number of halogens is 1. The summed E-state index contributed by atoms with van der Waals surface area (Å²) in [7, 11) is -2.34. The van der Waals surface area contributed by atoms with E-state index in [2.05, 4.69) is 9.62 Å². The van der Waals surface area contributed by atoms with Crippen LogP contribution in [0.3, 0.4) is 0 Å². The van der Waals surface area contributed by atoms with E-state index < -0.39 is 15.8 Å². The van der Waals surface area contributed by atoms with E-state index >= 15 is 0 Å². The molecule has 2 aromatic rings. The second-order valence-electron chi connectivity index (χ2n) is 6.64. The Kier molecular flexibility index (Phi) is 6.46. The van der Waals surface area contributed by atoms with E-state index in [4.69, 9.17) is 4.74 Å². The first-order valence-electron chi connectivity index (χ1n) is 9.14. The van der Waals surface area contributed by atoms with Gasteiger partial charge in [-0.1, -0.05) is 36.8 Å². The lowest BCUT2D eigenvalue weighted by Gasteiger charge is -2.35. The van der Waals surface area contributed by atoms with E-state index in [-0.39, 0.29) is 17.5 Å². The summed E-state index contributed by atoms with van der Waals surface area (Å²) < 4.78 is 47.3. The Morgan fingerprint density at radius 2 is 1.74 bits per heavy atom. The minimum Gasteiger partial charge on any atom is -0.496 e. The summed E-state index contributed by atoms with van der Waals surface area (Å²) in [6, 6.07) is 12.9. The van der Waals surface area contributed by atoms with E-state index in [1.165, 1.54) is 24.6 Å². The van der Waals surface area contributed by atoms with Gasteiger partial charge in [0.15, 0.2) is 0 Å². The van der Waals surface area contributed by atoms with Crippen molar-refractivity contribution in [2.75, 3.05) is 26.7 Å². The molecule has 1 atom stereocenters. The Morgan fingerprint density at radius 3 is 2.44 bits per heavy atom. The highest BCUT2D eigenvalue weighted by Crippen LogP contribution is 2.31. The van der Waals surface area contributed by atoms with Gasteiger partial charge in [-0.3, -0.25) is 4.90 Å². The zero-order valence-corrected chi connectivity index (χ0v) is 16.2. The lowest BCUT2D eigenvalue weighted by atomic mass is 10.0. The number of hydrogen-bond donors (Lipinski definition) is 1. The highest BCUT2D eigenvalue weighted by Gasteiger charge is 2.27. The first kappa shape index (κ1) is 19.8. The molecule has 1 fully saturated rings. The van der Waals surface area contributed by atoms with Gasteiger partial charge in [0, 0.05) is 12.1 Å². The van der Waals surface area contributed by atoms with E-state index in [1.54, 1.807) is 7.11 Å². The summed E-state index contributed by atoms with van der Waals surface area (Å²) in [5.74, 6) is -0.0324. The number of hydrogen-bond acceptors (Lipinski definition) is 4. The SMILES string of the molecule is COc1ccccc1C(CNS(=O)(=O)c1ccccc1F)N1CCCCC1. The maximum atomic E-state index is 14.0. The molecule has 0 bridgehead atoms. The molecule has 0 aliphatic carbocycles. The molecule has 1 aliphatic rings. The molecule has 146 valence electrons. The van der Waals surface area contributed by atoms with Gasteiger partial charge in [-0.05, 0) is 44.1 Å². The summed E-state index contributed by atoms with van der Waals surface area (Å²) in [6.07, 6.45) is 3.33. The number of ether oxygens (including phenoxy) is 1. The number of nitrogens with zero attached hydrogens (tertiary/aromatic N) is 1. The van der Waals surface area contributed by atoms with Crippen LogP contribution in [0, 0.1) is 5.82 Å². The van der Waals surface area contributed by atoms with E-state index in [0.717, 1.165) is 43.3 Å².